The van der Waals surface area contributed by atoms with Gasteiger partial charge in [-0.05, 0) is 86.3 Å². The SMILES string of the molecule is CCCCCCCCCc1ccc(-c2ccc(-c3ccc(-c4ccc(-c5ccc(CCCCCCCCC)s5)nc4)s3)cn2)s1. The fourth-order valence-electron chi connectivity index (χ4n) is 5.83. The minimum Gasteiger partial charge on any atom is -0.255 e. The van der Waals surface area contributed by atoms with E-state index in [2.05, 4.69) is 74.5 Å². The first kappa shape index (κ1) is 33.8. The van der Waals surface area contributed by atoms with Crippen LogP contribution < -0.4 is 0 Å². The highest BCUT2D eigenvalue weighted by Gasteiger charge is 2.10. The Balaban J connectivity index is 1.10. The second-order valence-corrected chi connectivity index (χ2v) is 15.7. The van der Waals surface area contributed by atoms with Crippen molar-refractivity contribution < 1.29 is 0 Å². The van der Waals surface area contributed by atoms with E-state index in [1.54, 1.807) is 0 Å². The molecule has 0 unspecified atom stereocenters. The highest BCUT2D eigenvalue weighted by molar-refractivity contribution is 7.18. The van der Waals surface area contributed by atoms with Gasteiger partial charge in [0.05, 0.1) is 21.1 Å². The maximum Gasteiger partial charge on any atom is 0.0802 e. The lowest BCUT2D eigenvalue weighted by Gasteiger charge is -2.02. The summed E-state index contributed by atoms with van der Waals surface area (Å²) < 4.78 is 0. The van der Waals surface area contributed by atoms with Crippen LogP contribution in [0, 0.1) is 0 Å². The number of unbranched alkanes of at least 4 members (excludes halogenated alkanes) is 12. The van der Waals surface area contributed by atoms with E-state index in [1.807, 2.05) is 46.4 Å². The Morgan fingerprint density at radius 2 is 0.800 bits per heavy atom. The molecule has 0 aliphatic carbocycles. The summed E-state index contributed by atoms with van der Waals surface area (Å²) in [6.07, 6.45) is 25.5. The van der Waals surface area contributed by atoms with Gasteiger partial charge in [0, 0.05) is 43.0 Å². The maximum atomic E-state index is 4.85. The molecule has 0 N–H and O–H groups in total. The third-order valence-electron chi connectivity index (χ3n) is 8.58. The lowest BCUT2D eigenvalue weighted by molar-refractivity contribution is 0.590. The summed E-state index contributed by atoms with van der Waals surface area (Å²) in [7, 11) is 0. The molecule has 5 heteroatoms. The lowest BCUT2D eigenvalue weighted by Crippen LogP contribution is -1.83. The normalized spacial score (nSPS) is 11.4. The molecule has 0 fully saturated rings. The van der Waals surface area contributed by atoms with Crippen LogP contribution in [0.4, 0.5) is 0 Å². The largest absolute Gasteiger partial charge is 0.255 e. The minimum absolute atomic E-state index is 1.07. The number of hydrogen-bond acceptors (Lipinski definition) is 5. The fraction of sp³-hybridized carbons (Fsp3) is 0.450. The van der Waals surface area contributed by atoms with E-state index >= 15 is 0 Å². The van der Waals surface area contributed by atoms with Gasteiger partial charge in [-0.1, -0.05) is 90.9 Å². The minimum atomic E-state index is 1.07. The van der Waals surface area contributed by atoms with Gasteiger partial charge in [-0.25, -0.2) is 0 Å². The number of nitrogens with zero attached hydrogens (tertiary/aromatic N) is 2. The zero-order chi connectivity index (χ0) is 31.1. The summed E-state index contributed by atoms with van der Waals surface area (Å²) in [4.78, 5) is 17.7. The Kier molecular flexibility index (Phi) is 13.9. The van der Waals surface area contributed by atoms with Crippen LogP contribution in [-0.2, 0) is 12.8 Å². The van der Waals surface area contributed by atoms with Crippen LogP contribution in [-0.4, -0.2) is 9.97 Å². The van der Waals surface area contributed by atoms with Crippen molar-refractivity contribution in [2.75, 3.05) is 0 Å². The second-order valence-electron chi connectivity index (χ2n) is 12.3. The molecule has 5 aromatic rings. The van der Waals surface area contributed by atoms with Crippen LogP contribution in [0.2, 0.25) is 0 Å². The van der Waals surface area contributed by atoms with Gasteiger partial charge in [0.2, 0.25) is 0 Å². The van der Waals surface area contributed by atoms with Gasteiger partial charge in [-0.3, -0.25) is 9.97 Å². The van der Waals surface area contributed by atoms with Crippen molar-refractivity contribution in [3.63, 3.8) is 0 Å². The zero-order valence-corrected chi connectivity index (χ0v) is 29.8. The monoisotopic (exact) mass is 654 g/mol. The summed E-state index contributed by atoms with van der Waals surface area (Å²) in [6, 6.07) is 22.3. The summed E-state index contributed by atoms with van der Waals surface area (Å²) >= 11 is 5.62. The number of pyridine rings is 2. The van der Waals surface area contributed by atoms with E-state index in [0.717, 1.165) is 11.4 Å². The van der Waals surface area contributed by atoms with E-state index < -0.39 is 0 Å². The molecular weight excluding hydrogens is 605 g/mol. The Labute approximate surface area is 284 Å². The molecule has 0 aromatic carbocycles. The molecule has 0 radical (unpaired) electrons. The molecule has 5 heterocycles. The predicted molar refractivity (Wildman–Crippen MR) is 201 cm³/mol. The van der Waals surface area contributed by atoms with E-state index in [9.17, 15) is 0 Å². The molecule has 5 aromatic heterocycles. The van der Waals surface area contributed by atoms with Crippen LogP contribution in [0.25, 0.3) is 42.0 Å². The lowest BCUT2D eigenvalue weighted by atomic mass is 10.1. The van der Waals surface area contributed by atoms with Crippen molar-refractivity contribution >= 4 is 34.0 Å². The number of hydrogen-bond donors (Lipinski definition) is 0. The second kappa shape index (κ2) is 18.5. The molecule has 0 aliphatic heterocycles. The van der Waals surface area contributed by atoms with E-state index in [-0.39, 0.29) is 0 Å². The van der Waals surface area contributed by atoms with Gasteiger partial charge >= 0.3 is 0 Å². The first-order chi connectivity index (χ1) is 22.2. The number of rotatable bonds is 20. The molecular formula is C40H50N2S3. The summed E-state index contributed by atoms with van der Waals surface area (Å²) in [5.74, 6) is 0. The van der Waals surface area contributed by atoms with Crippen molar-refractivity contribution in [3.05, 3.63) is 82.8 Å². The Morgan fingerprint density at radius 3 is 1.20 bits per heavy atom. The zero-order valence-electron chi connectivity index (χ0n) is 27.4. The molecule has 0 saturated heterocycles. The highest BCUT2D eigenvalue weighted by Crippen LogP contribution is 2.36. The Hall–Kier alpha value is -2.60. The quantitative estimate of drug-likeness (QED) is 0.0781. The van der Waals surface area contributed by atoms with E-state index in [0.29, 0.717) is 0 Å². The molecule has 0 saturated carbocycles. The average molecular weight is 655 g/mol. The van der Waals surface area contributed by atoms with Crippen molar-refractivity contribution in [1.82, 2.24) is 9.97 Å². The van der Waals surface area contributed by atoms with Gasteiger partial charge in [-0.2, -0.15) is 0 Å². The average Bonchev–Trinajstić information content (AvgIpc) is 3.86. The van der Waals surface area contributed by atoms with Gasteiger partial charge in [0.1, 0.15) is 0 Å². The van der Waals surface area contributed by atoms with Gasteiger partial charge in [0.15, 0.2) is 0 Å². The molecule has 0 spiro atoms. The van der Waals surface area contributed by atoms with Crippen molar-refractivity contribution in [2.45, 2.75) is 117 Å². The van der Waals surface area contributed by atoms with Gasteiger partial charge < -0.3 is 0 Å². The van der Waals surface area contributed by atoms with Crippen LogP contribution in [0.15, 0.2) is 73.1 Å². The fourth-order valence-corrected chi connectivity index (χ4v) is 8.87. The first-order valence-corrected chi connectivity index (χ1v) is 19.9. The van der Waals surface area contributed by atoms with Crippen LogP contribution in [0.3, 0.4) is 0 Å². The third-order valence-corrected chi connectivity index (χ3v) is 12.1. The predicted octanol–water partition coefficient (Wildman–Crippen LogP) is 13.9. The highest BCUT2D eigenvalue weighted by atomic mass is 32.1. The molecule has 45 heavy (non-hydrogen) atoms. The molecule has 0 amide bonds. The number of thiophene rings is 3. The molecule has 5 rings (SSSR count). The van der Waals surface area contributed by atoms with Crippen molar-refractivity contribution in [3.8, 4) is 42.0 Å². The van der Waals surface area contributed by atoms with Crippen molar-refractivity contribution in [1.29, 1.82) is 0 Å². The van der Waals surface area contributed by atoms with Crippen LogP contribution >= 0.6 is 34.0 Å². The van der Waals surface area contributed by atoms with E-state index in [1.165, 1.54) is 143 Å². The maximum absolute atomic E-state index is 4.85. The van der Waals surface area contributed by atoms with Gasteiger partial charge in [0.25, 0.3) is 0 Å². The van der Waals surface area contributed by atoms with E-state index in [4.69, 9.17) is 9.97 Å². The molecule has 2 nitrogen and oxygen atoms in total. The molecule has 0 bridgehead atoms. The Morgan fingerprint density at radius 1 is 0.400 bits per heavy atom. The third kappa shape index (κ3) is 10.5. The topological polar surface area (TPSA) is 25.8 Å². The molecule has 0 atom stereocenters. The van der Waals surface area contributed by atoms with Gasteiger partial charge in [-0.15, -0.1) is 34.0 Å². The number of aryl methyl sites for hydroxylation is 2. The summed E-state index contributed by atoms with van der Waals surface area (Å²) in [5, 5.41) is 0. The smallest absolute Gasteiger partial charge is 0.0802 e. The molecule has 238 valence electrons. The van der Waals surface area contributed by atoms with Crippen molar-refractivity contribution in [2.24, 2.45) is 0 Å². The number of aromatic nitrogens is 2. The standard InChI is InChI=1S/C40H50N2S3/c1-3-5-7-9-11-13-15-17-33-21-25-39(43-33)35-23-19-31(29-41-35)37-27-28-38(45-37)32-20-24-36(42-30-32)40-26-22-34(44-40)18-16-14-12-10-8-6-4-2/h19-30H,3-18H2,1-2H3. The summed E-state index contributed by atoms with van der Waals surface area (Å²) in [6.45, 7) is 4.57. The first-order valence-electron chi connectivity index (χ1n) is 17.4. The summed E-state index contributed by atoms with van der Waals surface area (Å²) in [5.41, 5.74) is 4.49. The van der Waals surface area contributed by atoms with Crippen LogP contribution in [0.5, 0.6) is 0 Å². The molecule has 0 aliphatic rings. The van der Waals surface area contributed by atoms with Crippen LogP contribution in [0.1, 0.15) is 113 Å². The Bertz CT molecular complexity index is 1410.